The molecule has 0 unspecified atom stereocenters. The quantitative estimate of drug-likeness (QED) is 0.298. The summed E-state index contributed by atoms with van der Waals surface area (Å²) in [7, 11) is 0. The van der Waals surface area contributed by atoms with E-state index in [1.165, 1.54) is 0 Å². The number of aromatic nitrogens is 2. The van der Waals surface area contributed by atoms with E-state index in [1.807, 2.05) is 78.9 Å². The third kappa shape index (κ3) is 3.09. The highest BCUT2D eigenvalue weighted by Crippen LogP contribution is 2.39. The minimum Gasteiger partial charge on any atom is -0.436 e. The molecule has 31 heavy (non-hydrogen) atoms. The number of benzene rings is 4. The van der Waals surface area contributed by atoms with Crippen LogP contribution in [-0.4, -0.2) is 9.97 Å². The molecule has 0 aliphatic heterocycles. The van der Waals surface area contributed by atoms with Gasteiger partial charge < -0.3 is 8.83 Å². The highest BCUT2D eigenvalue weighted by atomic mass is 35.5. The van der Waals surface area contributed by atoms with Crippen LogP contribution < -0.4 is 0 Å². The molecule has 4 aromatic carbocycles. The largest absolute Gasteiger partial charge is 0.436 e. The smallest absolute Gasteiger partial charge is 0.228 e. The fraction of sp³-hybridized carbons (Fsp3) is 0. The van der Waals surface area contributed by atoms with Crippen molar-refractivity contribution in [2.24, 2.45) is 0 Å². The first kappa shape index (κ1) is 17.9. The summed E-state index contributed by atoms with van der Waals surface area (Å²) in [6.07, 6.45) is 0. The van der Waals surface area contributed by atoms with Gasteiger partial charge in [0.25, 0.3) is 0 Å². The van der Waals surface area contributed by atoms with Gasteiger partial charge in [-0.1, -0.05) is 54.1 Å². The monoisotopic (exact) mass is 421 g/mol. The molecule has 0 amide bonds. The average molecular weight is 422 g/mol. The summed E-state index contributed by atoms with van der Waals surface area (Å²) in [4.78, 5) is 9.24. The van der Waals surface area contributed by atoms with Crippen LogP contribution in [0.5, 0.6) is 0 Å². The molecule has 4 nitrogen and oxygen atoms in total. The molecule has 0 aliphatic carbocycles. The zero-order valence-electron chi connectivity index (χ0n) is 16.2. The summed E-state index contributed by atoms with van der Waals surface area (Å²) < 4.78 is 11.9. The van der Waals surface area contributed by atoms with Crippen LogP contribution in [0.2, 0.25) is 5.02 Å². The van der Waals surface area contributed by atoms with Crippen molar-refractivity contribution in [2.45, 2.75) is 0 Å². The Morgan fingerprint density at radius 2 is 1.32 bits per heavy atom. The van der Waals surface area contributed by atoms with Crippen molar-refractivity contribution >= 4 is 33.8 Å². The summed E-state index contributed by atoms with van der Waals surface area (Å²) in [5, 5.41) is 0.589. The Labute approximate surface area is 182 Å². The SMILES string of the molecule is Clc1cc[c]c(-c2nc3ccccc3o2)c1-c1cccc(-c2nc3ccccc3o2)c1. The molecule has 0 saturated heterocycles. The minimum absolute atomic E-state index is 0.478. The lowest BCUT2D eigenvalue weighted by Crippen LogP contribution is -1.88. The summed E-state index contributed by atoms with van der Waals surface area (Å²) in [5.41, 5.74) is 6.35. The maximum absolute atomic E-state index is 6.65. The van der Waals surface area contributed by atoms with E-state index in [9.17, 15) is 0 Å². The van der Waals surface area contributed by atoms with E-state index in [4.69, 9.17) is 20.4 Å². The van der Waals surface area contributed by atoms with Crippen molar-refractivity contribution in [3.8, 4) is 34.0 Å². The Balaban J connectivity index is 1.51. The lowest BCUT2D eigenvalue weighted by Gasteiger charge is -2.10. The highest BCUT2D eigenvalue weighted by molar-refractivity contribution is 6.34. The predicted octanol–water partition coefficient (Wildman–Crippen LogP) is 7.42. The molecule has 0 N–H and O–H groups in total. The van der Waals surface area contributed by atoms with Gasteiger partial charge in [0.05, 0.1) is 5.56 Å². The Hall–Kier alpha value is -3.89. The highest BCUT2D eigenvalue weighted by Gasteiger charge is 2.18. The molecule has 0 atom stereocenters. The van der Waals surface area contributed by atoms with Gasteiger partial charge in [0, 0.05) is 16.1 Å². The van der Waals surface area contributed by atoms with Crippen LogP contribution in [0.25, 0.3) is 56.2 Å². The molecule has 0 bridgehead atoms. The zero-order valence-corrected chi connectivity index (χ0v) is 16.9. The summed E-state index contributed by atoms with van der Waals surface area (Å²) in [6.45, 7) is 0. The first-order valence-electron chi connectivity index (χ1n) is 9.79. The first-order chi connectivity index (χ1) is 15.3. The van der Waals surface area contributed by atoms with E-state index in [0.29, 0.717) is 22.4 Å². The van der Waals surface area contributed by atoms with Crippen LogP contribution in [0.4, 0.5) is 0 Å². The van der Waals surface area contributed by atoms with Crippen molar-refractivity contribution in [2.75, 3.05) is 0 Å². The number of hydrogen-bond acceptors (Lipinski definition) is 4. The fourth-order valence-electron chi connectivity index (χ4n) is 3.71. The second-order valence-corrected chi connectivity index (χ2v) is 7.54. The molecule has 6 aromatic rings. The molecule has 6 rings (SSSR count). The second-order valence-electron chi connectivity index (χ2n) is 7.13. The van der Waals surface area contributed by atoms with Crippen LogP contribution in [0.15, 0.2) is 93.8 Å². The van der Waals surface area contributed by atoms with Gasteiger partial charge in [-0.3, -0.25) is 0 Å². The number of fused-ring (bicyclic) bond motifs is 2. The Bertz CT molecular complexity index is 1500. The third-order valence-electron chi connectivity index (χ3n) is 5.15. The number of nitrogens with zero attached hydrogens (tertiary/aromatic N) is 2. The standard InChI is InChI=1S/C26H14ClN2O2/c27-19-10-6-9-18(26-29-21-12-2-4-14-23(21)31-26)24(19)16-7-5-8-17(15-16)25-28-20-11-1-3-13-22(20)30-25/h1-8,10-15H. The van der Waals surface area contributed by atoms with Crippen LogP contribution >= 0.6 is 11.6 Å². The van der Waals surface area contributed by atoms with Gasteiger partial charge in [-0.25, -0.2) is 9.97 Å². The Morgan fingerprint density at radius 1 is 0.677 bits per heavy atom. The number of halogens is 1. The molecule has 0 saturated carbocycles. The van der Waals surface area contributed by atoms with Crippen molar-refractivity contribution in [3.05, 3.63) is 96.0 Å². The van der Waals surface area contributed by atoms with E-state index in [1.54, 1.807) is 6.07 Å². The molecular formula is C26H14ClN2O2. The van der Waals surface area contributed by atoms with Crippen molar-refractivity contribution in [1.82, 2.24) is 9.97 Å². The number of hydrogen-bond donors (Lipinski definition) is 0. The predicted molar refractivity (Wildman–Crippen MR) is 122 cm³/mol. The Kier molecular flexibility index (Phi) is 4.11. The van der Waals surface area contributed by atoms with E-state index in [2.05, 4.69) is 16.0 Å². The van der Waals surface area contributed by atoms with Crippen LogP contribution in [0.3, 0.4) is 0 Å². The number of oxazole rings is 2. The van der Waals surface area contributed by atoms with E-state index < -0.39 is 0 Å². The summed E-state index contributed by atoms with van der Waals surface area (Å²) in [5.74, 6) is 1.04. The van der Waals surface area contributed by atoms with E-state index in [-0.39, 0.29) is 0 Å². The molecule has 0 fully saturated rings. The maximum Gasteiger partial charge on any atom is 0.228 e. The summed E-state index contributed by atoms with van der Waals surface area (Å²) >= 11 is 6.65. The molecule has 147 valence electrons. The molecule has 1 radical (unpaired) electrons. The van der Waals surface area contributed by atoms with E-state index in [0.717, 1.165) is 38.9 Å². The molecule has 0 spiro atoms. The second kappa shape index (κ2) is 7.11. The molecule has 5 heteroatoms. The van der Waals surface area contributed by atoms with Gasteiger partial charge in [0.2, 0.25) is 11.8 Å². The Morgan fingerprint density at radius 3 is 2.06 bits per heavy atom. The summed E-state index contributed by atoms with van der Waals surface area (Å²) in [6, 6.07) is 30.1. The molecule has 2 aromatic heterocycles. The van der Waals surface area contributed by atoms with Gasteiger partial charge in [-0.15, -0.1) is 0 Å². The fourth-order valence-corrected chi connectivity index (χ4v) is 3.97. The number of rotatable bonds is 3. The van der Waals surface area contributed by atoms with Crippen molar-refractivity contribution < 1.29 is 8.83 Å². The molecule has 2 heterocycles. The number of para-hydroxylation sites is 4. The average Bonchev–Trinajstić information content (AvgIpc) is 3.43. The zero-order chi connectivity index (χ0) is 20.8. The van der Waals surface area contributed by atoms with Crippen molar-refractivity contribution in [1.29, 1.82) is 0 Å². The van der Waals surface area contributed by atoms with Crippen LogP contribution in [-0.2, 0) is 0 Å². The van der Waals surface area contributed by atoms with Gasteiger partial charge >= 0.3 is 0 Å². The van der Waals surface area contributed by atoms with Crippen LogP contribution in [0.1, 0.15) is 0 Å². The van der Waals surface area contributed by atoms with Gasteiger partial charge in [-0.2, -0.15) is 0 Å². The lowest BCUT2D eigenvalue weighted by molar-refractivity contribution is 0.620. The lowest BCUT2D eigenvalue weighted by atomic mass is 9.97. The topological polar surface area (TPSA) is 52.1 Å². The van der Waals surface area contributed by atoms with Gasteiger partial charge in [0.15, 0.2) is 11.2 Å². The third-order valence-corrected chi connectivity index (χ3v) is 5.46. The van der Waals surface area contributed by atoms with Gasteiger partial charge in [0.1, 0.15) is 11.0 Å². The van der Waals surface area contributed by atoms with Crippen LogP contribution in [0, 0.1) is 6.07 Å². The minimum atomic E-state index is 0.478. The molecule has 0 aliphatic rings. The first-order valence-corrected chi connectivity index (χ1v) is 10.2. The molecular weight excluding hydrogens is 408 g/mol. The van der Waals surface area contributed by atoms with Gasteiger partial charge in [-0.05, 0) is 54.1 Å². The normalized spacial score (nSPS) is 11.4. The van der Waals surface area contributed by atoms with Crippen molar-refractivity contribution in [3.63, 3.8) is 0 Å². The van der Waals surface area contributed by atoms with E-state index >= 15 is 0 Å². The maximum atomic E-state index is 6.65.